The molecule has 8 nitrogen and oxygen atoms in total. The molecule has 0 aliphatic carbocycles. The first-order chi connectivity index (χ1) is 19.1. The lowest BCUT2D eigenvalue weighted by atomic mass is 9.88. The van der Waals surface area contributed by atoms with Gasteiger partial charge >= 0.3 is 6.18 Å². The lowest BCUT2D eigenvalue weighted by Crippen LogP contribution is -2.52. The summed E-state index contributed by atoms with van der Waals surface area (Å²) in [5.74, 6) is -0.504. The van der Waals surface area contributed by atoms with Crippen LogP contribution in [0, 0.1) is 16.0 Å². The van der Waals surface area contributed by atoms with Gasteiger partial charge in [-0.2, -0.15) is 13.2 Å². The van der Waals surface area contributed by atoms with Crippen molar-refractivity contribution in [2.45, 2.75) is 31.2 Å². The number of rotatable bonds is 8. The number of non-ortho nitro benzene ring substituents is 1. The molecule has 2 aromatic heterocycles. The van der Waals surface area contributed by atoms with Crippen LogP contribution >= 0.6 is 0 Å². The minimum Gasteiger partial charge on any atom is -0.375 e. The molecule has 1 atom stereocenters. The second-order valence-corrected chi connectivity index (χ2v) is 10.1. The number of halogens is 3. The fraction of sp³-hybridized carbons (Fsp3) is 0.310. The summed E-state index contributed by atoms with van der Waals surface area (Å²) in [7, 11) is 0. The van der Waals surface area contributed by atoms with Crippen molar-refractivity contribution in [1.82, 2.24) is 14.5 Å². The number of likely N-dealkylation sites (tertiary alicyclic amines) is 1. The molecule has 1 aliphatic heterocycles. The van der Waals surface area contributed by atoms with E-state index in [2.05, 4.69) is 4.98 Å². The van der Waals surface area contributed by atoms with Gasteiger partial charge in [-0.25, -0.2) is 0 Å². The molecule has 0 bridgehead atoms. The van der Waals surface area contributed by atoms with Gasteiger partial charge in [-0.05, 0) is 49.7 Å². The third-order valence-electron chi connectivity index (χ3n) is 7.52. The number of nitrogens with zero attached hydrogens (tertiary/aromatic N) is 4. The fourth-order valence-corrected chi connectivity index (χ4v) is 5.36. The molecule has 1 unspecified atom stereocenters. The van der Waals surface area contributed by atoms with Gasteiger partial charge in [0.1, 0.15) is 5.69 Å². The van der Waals surface area contributed by atoms with Crippen LogP contribution in [0.15, 0.2) is 79.1 Å². The van der Waals surface area contributed by atoms with E-state index in [0.717, 1.165) is 11.6 Å². The monoisotopic (exact) mass is 552 g/mol. The number of aliphatic hydroxyl groups is 1. The Morgan fingerprint density at radius 3 is 2.38 bits per heavy atom. The molecule has 3 heterocycles. The molecule has 0 amide bonds. The third-order valence-corrected chi connectivity index (χ3v) is 7.52. The highest BCUT2D eigenvalue weighted by atomic mass is 19.4. The van der Waals surface area contributed by atoms with Gasteiger partial charge in [-0.1, -0.05) is 36.4 Å². The summed E-state index contributed by atoms with van der Waals surface area (Å²) >= 11 is 0. The molecule has 0 spiro atoms. The van der Waals surface area contributed by atoms with Crippen molar-refractivity contribution in [2.75, 3.05) is 19.6 Å². The zero-order chi connectivity index (χ0) is 28.5. The summed E-state index contributed by atoms with van der Waals surface area (Å²) in [6.45, 7) is -0.193. The fourth-order valence-electron chi connectivity index (χ4n) is 5.36. The topological polar surface area (TPSA) is 102 Å². The lowest BCUT2D eigenvalue weighted by molar-refractivity contribution is -0.384. The Labute approximate surface area is 227 Å². The number of nitro groups is 1. The Balaban J connectivity index is 1.46. The number of carbonyl (C=O) groups excluding carboxylic acids is 1. The van der Waals surface area contributed by atoms with Crippen molar-refractivity contribution in [3.8, 4) is 0 Å². The van der Waals surface area contributed by atoms with Gasteiger partial charge in [0.2, 0.25) is 5.60 Å². The van der Waals surface area contributed by atoms with Gasteiger partial charge in [0, 0.05) is 54.5 Å². The number of hydrogen-bond acceptors (Lipinski definition) is 6. The SMILES string of the molecule is O=C(c1ccccn1)C1CCN(CC(O)(c2cn(Cc3ccccc3)c3cc([N+](=O)[O-])ccc23)C(F)(F)F)CC1. The van der Waals surface area contributed by atoms with Crippen LogP contribution in [-0.4, -0.2) is 56.1 Å². The van der Waals surface area contributed by atoms with Crippen LogP contribution < -0.4 is 0 Å². The number of Topliss-reactive ketones (excluding diaryl/α,β-unsaturated/α-hetero) is 1. The Hall–Kier alpha value is -4.09. The summed E-state index contributed by atoms with van der Waals surface area (Å²) < 4.78 is 45.6. The second kappa shape index (κ2) is 10.8. The van der Waals surface area contributed by atoms with Gasteiger partial charge in [0.15, 0.2) is 5.78 Å². The van der Waals surface area contributed by atoms with Crippen molar-refractivity contribution >= 4 is 22.4 Å². The molecule has 0 radical (unpaired) electrons. The Bertz CT molecular complexity index is 1520. The number of nitro benzene ring substituents is 1. The highest BCUT2D eigenvalue weighted by molar-refractivity contribution is 5.96. The first kappa shape index (κ1) is 27.5. The van der Waals surface area contributed by atoms with Crippen LogP contribution in [0.25, 0.3) is 10.9 Å². The summed E-state index contributed by atoms with van der Waals surface area (Å²) in [6, 6.07) is 17.7. The highest BCUT2D eigenvalue weighted by Crippen LogP contribution is 2.44. The number of carbonyl (C=O) groups is 1. The molecule has 1 N–H and O–H groups in total. The van der Waals surface area contributed by atoms with E-state index in [1.54, 1.807) is 42.5 Å². The Morgan fingerprint density at radius 2 is 1.75 bits per heavy atom. The van der Waals surface area contributed by atoms with Crippen molar-refractivity contribution < 1.29 is 28.0 Å². The maximum atomic E-state index is 14.7. The third kappa shape index (κ3) is 5.34. The molecule has 2 aromatic carbocycles. The molecule has 1 saturated heterocycles. The zero-order valence-electron chi connectivity index (χ0n) is 21.4. The Kier molecular flexibility index (Phi) is 7.43. The van der Waals surface area contributed by atoms with Crippen LogP contribution in [0.1, 0.15) is 34.5 Å². The number of hydrogen-bond donors (Lipinski definition) is 1. The van der Waals surface area contributed by atoms with Crippen LogP contribution in [0.3, 0.4) is 0 Å². The molecular formula is C29H27F3N4O4. The minimum atomic E-state index is -5.04. The average Bonchev–Trinajstić information content (AvgIpc) is 3.31. The first-order valence-electron chi connectivity index (χ1n) is 12.9. The minimum absolute atomic E-state index is 0.0848. The zero-order valence-corrected chi connectivity index (χ0v) is 21.4. The van der Waals surface area contributed by atoms with Gasteiger partial charge in [-0.3, -0.25) is 24.8 Å². The quantitative estimate of drug-likeness (QED) is 0.180. The smallest absolute Gasteiger partial charge is 0.375 e. The summed E-state index contributed by atoms with van der Waals surface area (Å²) in [4.78, 5) is 29.2. The molecular weight excluding hydrogens is 525 g/mol. The number of alkyl halides is 3. The van der Waals surface area contributed by atoms with Crippen LogP contribution in [0.4, 0.5) is 18.9 Å². The van der Waals surface area contributed by atoms with Crippen molar-refractivity contribution in [2.24, 2.45) is 5.92 Å². The first-order valence-corrected chi connectivity index (χ1v) is 12.9. The highest BCUT2D eigenvalue weighted by Gasteiger charge is 2.57. The largest absolute Gasteiger partial charge is 0.422 e. The van der Waals surface area contributed by atoms with E-state index in [1.807, 2.05) is 6.07 Å². The molecule has 1 fully saturated rings. The van der Waals surface area contributed by atoms with Gasteiger partial charge in [0.05, 0.1) is 10.4 Å². The van der Waals surface area contributed by atoms with Gasteiger partial charge in [-0.15, -0.1) is 0 Å². The standard InChI is InChI=1S/C29H27F3N4O4/c30-29(31,32)28(38,19-34-14-11-21(12-15-34)27(37)25-8-4-5-13-33-25)24-18-35(17-20-6-2-1-3-7-20)26-16-22(36(39)40)9-10-23(24)26/h1-10,13,16,18,21,38H,11-12,14-15,17,19H2. The molecule has 5 rings (SSSR count). The van der Waals surface area contributed by atoms with E-state index in [1.165, 1.54) is 34.0 Å². The summed E-state index contributed by atoms with van der Waals surface area (Å²) in [5, 5.41) is 22.9. The maximum absolute atomic E-state index is 14.7. The number of β-amino-alcohol motifs (C(OH)–C–C–N with tert-alkyl or cyclic N) is 1. The summed E-state index contributed by atoms with van der Waals surface area (Å²) in [5.41, 5.74) is -2.55. The number of piperidine rings is 1. The van der Waals surface area contributed by atoms with E-state index in [-0.39, 0.29) is 53.5 Å². The number of benzene rings is 2. The van der Waals surface area contributed by atoms with Gasteiger partial charge in [0.25, 0.3) is 5.69 Å². The van der Waals surface area contributed by atoms with Crippen molar-refractivity contribution in [3.05, 3.63) is 106 Å². The molecule has 40 heavy (non-hydrogen) atoms. The van der Waals surface area contributed by atoms with Crippen LogP contribution in [-0.2, 0) is 12.1 Å². The number of aromatic nitrogens is 2. The molecule has 11 heteroatoms. The van der Waals surface area contributed by atoms with Crippen LogP contribution in [0.5, 0.6) is 0 Å². The van der Waals surface area contributed by atoms with E-state index >= 15 is 0 Å². The maximum Gasteiger partial charge on any atom is 0.422 e. The van der Waals surface area contributed by atoms with E-state index in [9.17, 15) is 33.2 Å². The summed E-state index contributed by atoms with van der Waals surface area (Å²) in [6.07, 6.45) is -1.60. The number of pyridine rings is 1. The lowest BCUT2D eigenvalue weighted by Gasteiger charge is -2.38. The second-order valence-electron chi connectivity index (χ2n) is 10.1. The molecule has 0 saturated carbocycles. The normalized spacial score (nSPS) is 16.6. The molecule has 4 aromatic rings. The van der Waals surface area contributed by atoms with Gasteiger partial charge < -0.3 is 9.67 Å². The number of fused-ring (bicyclic) bond motifs is 1. The van der Waals surface area contributed by atoms with E-state index in [0.29, 0.717) is 18.5 Å². The predicted molar refractivity (Wildman–Crippen MR) is 142 cm³/mol. The van der Waals surface area contributed by atoms with Crippen molar-refractivity contribution in [3.63, 3.8) is 0 Å². The Morgan fingerprint density at radius 1 is 1.05 bits per heavy atom. The molecule has 208 valence electrons. The van der Waals surface area contributed by atoms with E-state index < -0.39 is 23.2 Å². The number of ketones is 1. The van der Waals surface area contributed by atoms with E-state index in [4.69, 9.17) is 0 Å². The predicted octanol–water partition coefficient (Wildman–Crippen LogP) is 5.34. The van der Waals surface area contributed by atoms with Crippen molar-refractivity contribution in [1.29, 1.82) is 0 Å². The van der Waals surface area contributed by atoms with Crippen LogP contribution in [0.2, 0.25) is 0 Å². The molecule has 1 aliphatic rings. The average molecular weight is 553 g/mol.